The SMILES string of the molecule is C=C=CCC1C2CCC[C@](C)(C=C)C12. The van der Waals surface area contributed by atoms with Gasteiger partial charge >= 0.3 is 0 Å². The lowest BCUT2D eigenvalue weighted by molar-refractivity contribution is 0.259. The van der Waals surface area contributed by atoms with E-state index in [1.54, 1.807) is 0 Å². The minimum Gasteiger partial charge on any atom is -0.133 e. The highest BCUT2D eigenvalue weighted by Crippen LogP contribution is 2.65. The van der Waals surface area contributed by atoms with E-state index in [4.69, 9.17) is 0 Å². The van der Waals surface area contributed by atoms with Crippen LogP contribution in [0.2, 0.25) is 0 Å². The zero-order chi connectivity index (χ0) is 10.2. The Balaban J connectivity index is 2.06. The van der Waals surface area contributed by atoms with Gasteiger partial charge in [0.2, 0.25) is 0 Å². The van der Waals surface area contributed by atoms with E-state index in [9.17, 15) is 0 Å². The zero-order valence-corrected chi connectivity index (χ0v) is 9.13. The van der Waals surface area contributed by atoms with Crippen molar-refractivity contribution in [2.75, 3.05) is 0 Å². The van der Waals surface area contributed by atoms with Gasteiger partial charge in [-0.05, 0) is 48.5 Å². The van der Waals surface area contributed by atoms with Crippen LogP contribution >= 0.6 is 0 Å². The van der Waals surface area contributed by atoms with Gasteiger partial charge in [-0.15, -0.1) is 12.3 Å². The summed E-state index contributed by atoms with van der Waals surface area (Å²) in [6, 6.07) is 0. The molecular formula is C14H20. The van der Waals surface area contributed by atoms with Crippen LogP contribution in [0.4, 0.5) is 0 Å². The van der Waals surface area contributed by atoms with Crippen LogP contribution in [0.5, 0.6) is 0 Å². The van der Waals surface area contributed by atoms with Gasteiger partial charge in [-0.1, -0.05) is 26.0 Å². The molecular weight excluding hydrogens is 168 g/mol. The van der Waals surface area contributed by atoms with Crippen LogP contribution in [0.15, 0.2) is 31.0 Å². The monoisotopic (exact) mass is 188 g/mol. The second-order valence-corrected chi connectivity index (χ2v) is 5.10. The van der Waals surface area contributed by atoms with Gasteiger partial charge < -0.3 is 0 Å². The van der Waals surface area contributed by atoms with Crippen LogP contribution in [0.1, 0.15) is 32.6 Å². The molecule has 2 fully saturated rings. The van der Waals surface area contributed by atoms with Crippen LogP contribution in [0.25, 0.3) is 0 Å². The standard InChI is InChI=1S/C14H20/c1-4-6-8-11-12-9-7-10-14(3,5-2)13(11)12/h5-6,11-13H,1-2,7-10H2,3H3/t11?,12?,13?,14-/m0/s1. The highest BCUT2D eigenvalue weighted by molar-refractivity contribution is 5.14. The van der Waals surface area contributed by atoms with E-state index in [2.05, 4.69) is 38.0 Å². The summed E-state index contributed by atoms with van der Waals surface area (Å²) in [6.45, 7) is 10.0. The highest BCUT2D eigenvalue weighted by Gasteiger charge is 2.58. The fourth-order valence-electron chi connectivity index (χ4n) is 3.48. The van der Waals surface area contributed by atoms with Crippen LogP contribution in [-0.2, 0) is 0 Å². The summed E-state index contributed by atoms with van der Waals surface area (Å²) in [5, 5.41) is 0. The van der Waals surface area contributed by atoms with E-state index >= 15 is 0 Å². The Labute approximate surface area is 87.4 Å². The molecule has 0 heterocycles. The molecule has 0 aromatic heterocycles. The van der Waals surface area contributed by atoms with Crippen molar-refractivity contribution < 1.29 is 0 Å². The molecule has 0 amide bonds. The minimum absolute atomic E-state index is 0.419. The summed E-state index contributed by atoms with van der Waals surface area (Å²) < 4.78 is 0. The molecule has 2 aliphatic rings. The molecule has 2 aliphatic carbocycles. The quantitative estimate of drug-likeness (QED) is 0.464. The van der Waals surface area contributed by atoms with Crippen molar-refractivity contribution in [3.05, 3.63) is 31.0 Å². The van der Waals surface area contributed by atoms with Crippen LogP contribution in [0, 0.1) is 23.2 Å². The van der Waals surface area contributed by atoms with Gasteiger partial charge in [-0.2, -0.15) is 0 Å². The zero-order valence-electron chi connectivity index (χ0n) is 9.13. The third kappa shape index (κ3) is 1.38. The normalized spacial score (nSPS) is 44.8. The molecule has 0 spiro atoms. The second-order valence-electron chi connectivity index (χ2n) is 5.10. The molecule has 2 saturated carbocycles. The molecule has 76 valence electrons. The van der Waals surface area contributed by atoms with Crippen molar-refractivity contribution >= 4 is 0 Å². The second kappa shape index (κ2) is 3.44. The molecule has 0 nitrogen and oxygen atoms in total. The molecule has 0 heteroatoms. The Morgan fingerprint density at radius 2 is 2.36 bits per heavy atom. The first kappa shape index (κ1) is 9.80. The van der Waals surface area contributed by atoms with Crippen LogP contribution < -0.4 is 0 Å². The maximum absolute atomic E-state index is 4.01. The predicted molar refractivity (Wildman–Crippen MR) is 61.0 cm³/mol. The maximum atomic E-state index is 4.01. The van der Waals surface area contributed by atoms with Crippen LogP contribution in [-0.4, -0.2) is 0 Å². The van der Waals surface area contributed by atoms with Gasteiger partial charge in [0.05, 0.1) is 0 Å². The van der Waals surface area contributed by atoms with E-state index in [0.29, 0.717) is 5.41 Å². The van der Waals surface area contributed by atoms with Crippen molar-refractivity contribution in [2.45, 2.75) is 32.6 Å². The molecule has 0 aliphatic heterocycles. The molecule has 14 heavy (non-hydrogen) atoms. The lowest BCUT2D eigenvalue weighted by Gasteiger charge is -2.30. The van der Waals surface area contributed by atoms with Gasteiger partial charge in [0, 0.05) is 0 Å². The van der Waals surface area contributed by atoms with Crippen molar-refractivity contribution in [1.29, 1.82) is 0 Å². The Morgan fingerprint density at radius 1 is 1.57 bits per heavy atom. The summed E-state index contributed by atoms with van der Waals surface area (Å²) in [4.78, 5) is 0. The molecule has 0 aromatic carbocycles. The van der Waals surface area contributed by atoms with Crippen molar-refractivity contribution in [3.63, 3.8) is 0 Å². The fourth-order valence-corrected chi connectivity index (χ4v) is 3.48. The van der Waals surface area contributed by atoms with Crippen molar-refractivity contribution in [2.24, 2.45) is 23.2 Å². The third-order valence-corrected chi connectivity index (χ3v) is 4.35. The van der Waals surface area contributed by atoms with E-state index in [1.165, 1.54) is 25.7 Å². The average molecular weight is 188 g/mol. The van der Waals surface area contributed by atoms with Gasteiger partial charge in [0.25, 0.3) is 0 Å². The number of fused-ring (bicyclic) bond motifs is 1. The van der Waals surface area contributed by atoms with E-state index in [1.807, 2.05) is 0 Å². The van der Waals surface area contributed by atoms with Crippen molar-refractivity contribution in [3.8, 4) is 0 Å². The van der Waals surface area contributed by atoms with E-state index in [0.717, 1.165) is 17.8 Å². The average Bonchev–Trinajstić information content (AvgIpc) is 2.90. The predicted octanol–water partition coefficient (Wildman–Crippen LogP) is 3.96. The third-order valence-electron chi connectivity index (χ3n) is 4.35. The van der Waals surface area contributed by atoms with Gasteiger partial charge in [-0.25, -0.2) is 0 Å². The molecule has 2 rings (SSSR count). The largest absolute Gasteiger partial charge is 0.133 e. The number of rotatable bonds is 3. The first-order chi connectivity index (χ1) is 6.73. The maximum Gasteiger partial charge on any atom is -0.0115 e. The van der Waals surface area contributed by atoms with Gasteiger partial charge in [0.15, 0.2) is 0 Å². The summed E-state index contributed by atoms with van der Waals surface area (Å²) >= 11 is 0. The highest BCUT2D eigenvalue weighted by atomic mass is 14.6. The van der Waals surface area contributed by atoms with Crippen molar-refractivity contribution in [1.82, 2.24) is 0 Å². The van der Waals surface area contributed by atoms with E-state index < -0.39 is 0 Å². The summed E-state index contributed by atoms with van der Waals surface area (Å²) in [6.07, 6.45) is 9.64. The molecule has 4 atom stereocenters. The molecule has 3 unspecified atom stereocenters. The summed E-state index contributed by atoms with van der Waals surface area (Å²) in [5.41, 5.74) is 3.31. The molecule has 0 aromatic rings. The Morgan fingerprint density at radius 3 is 3.00 bits per heavy atom. The van der Waals surface area contributed by atoms with Gasteiger partial charge in [0.1, 0.15) is 0 Å². The molecule has 0 saturated heterocycles. The van der Waals surface area contributed by atoms with E-state index in [-0.39, 0.29) is 0 Å². The molecule has 0 radical (unpaired) electrons. The summed E-state index contributed by atoms with van der Waals surface area (Å²) in [7, 11) is 0. The molecule has 0 N–H and O–H groups in total. The Hall–Kier alpha value is -0.740. The Kier molecular flexibility index (Phi) is 2.41. The summed E-state index contributed by atoms with van der Waals surface area (Å²) in [5.74, 6) is 2.77. The fraction of sp³-hybridized carbons (Fsp3) is 0.643. The number of hydrogen-bond donors (Lipinski definition) is 0. The molecule has 0 bridgehead atoms. The number of hydrogen-bond acceptors (Lipinski definition) is 0. The van der Waals surface area contributed by atoms with Gasteiger partial charge in [-0.3, -0.25) is 0 Å². The van der Waals surface area contributed by atoms with Crippen LogP contribution in [0.3, 0.4) is 0 Å². The lowest BCUT2D eigenvalue weighted by atomic mass is 9.75. The Bertz CT molecular complexity index is 282. The minimum atomic E-state index is 0.419. The lowest BCUT2D eigenvalue weighted by Crippen LogP contribution is -2.20. The smallest absolute Gasteiger partial charge is 0.0115 e. The topological polar surface area (TPSA) is 0 Å². The number of allylic oxidation sites excluding steroid dienone is 2. The first-order valence-electron chi connectivity index (χ1n) is 5.71. The first-order valence-corrected chi connectivity index (χ1v) is 5.71.